The Hall–Kier alpha value is -1.68. The Labute approximate surface area is 138 Å². The number of nitrogens with one attached hydrogen (secondary N) is 1. The first-order valence-electron chi connectivity index (χ1n) is 8.68. The van der Waals surface area contributed by atoms with E-state index in [1.165, 1.54) is 0 Å². The van der Waals surface area contributed by atoms with E-state index in [0.29, 0.717) is 24.9 Å². The SMILES string of the molecule is Cc1ccc(C)c(C(=O)CCC(=O)N2C3CCNCC2CC3)c1. The molecule has 0 aliphatic carbocycles. The molecular formula is C19H26N2O2. The van der Waals surface area contributed by atoms with Gasteiger partial charge in [-0.15, -0.1) is 0 Å². The van der Waals surface area contributed by atoms with Gasteiger partial charge < -0.3 is 10.2 Å². The predicted molar refractivity (Wildman–Crippen MR) is 90.6 cm³/mol. The monoisotopic (exact) mass is 314 g/mol. The van der Waals surface area contributed by atoms with Gasteiger partial charge >= 0.3 is 0 Å². The molecule has 4 heteroatoms. The molecule has 4 nitrogen and oxygen atoms in total. The van der Waals surface area contributed by atoms with Gasteiger partial charge in [-0.2, -0.15) is 0 Å². The molecule has 0 radical (unpaired) electrons. The molecule has 3 rings (SSSR count). The van der Waals surface area contributed by atoms with Crippen molar-refractivity contribution in [2.45, 2.75) is 58.0 Å². The molecule has 23 heavy (non-hydrogen) atoms. The molecule has 124 valence electrons. The lowest BCUT2D eigenvalue weighted by Crippen LogP contribution is -2.42. The number of amides is 1. The number of benzene rings is 1. The zero-order chi connectivity index (χ0) is 16.4. The van der Waals surface area contributed by atoms with E-state index in [9.17, 15) is 9.59 Å². The number of carbonyl (C=O) groups excluding carboxylic acids is 2. The van der Waals surface area contributed by atoms with Crippen LogP contribution in [-0.2, 0) is 4.79 Å². The van der Waals surface area contributed by atoms with Crippen molar-refractivity contribution in [1.29, 1.82) is 0 Å². The van der Waals surface area contributed by atoms with Gasteiger partial charge in [0.25, 0.3) is 0 Å². The van der Waals surface area contributed by atoms with Crippen LogP contribution < -0.4 is 5.32 Å². The number of carbonyl (C=O) groups is 2. The first kappa shape index (κ1) is 16.2. The van der Waals surface area contributed by atoms with Crippen LogP contribution in [0.1, 0.15) is 53.6 Å². The third kappa shape index (κ3) is 3.47. The number of fused-ring (bicyclic) bond motifs is 2. The van der Waals surface area contributed by atoms with Crippen LogP contribution >= 0.6 is 0 Å². The normalized spacial score (nSPS) is 23.7. The second-order valence-corrected chi connectivity index (χ2v) is 6.92. The van der Waals surface area contributed by atoms with Crippen molar-refractivity contribution >= 4 is 11.7 Å². The van der Waals surface area contributed by atoms with Crippen LogP contribution in [0, 0.1) is 13.8 Å². The summed E-state index contributed by atoms with van der Waals surface area (Å²) in [6, 6.07) is 6.62. The second kappa shape index (κ2) is 6.83. The fourth-order valence-corrected chi connectivity index (χ4v) is 3.91. The van der Waals surface area contributed by atoms with Crippen molar-refractivity contribution < 1.29 is 9.59 Å². The summed E-state index contributed by atoms with van der Waals surface area (Å²) in [5, 5.41) is 3.41. The highest BCUT2D eigenvalue weighted by atomic mass is 16.2. The highest BCUT2D eigenvalue weighted by molar-refractivity contribution is 5.99. The molecule has 2 atom stereocenters. The van der Waals surface area contributed by atoms with Crippen molar-refractivity contribution in [2.24, 2.45) is 0 Å². The van der Waals surface area contributed by atoms with Crippen molar-refractivity contribution in [3.63, 3.8) is 0 Å². The summed E-state index contributed by atoms with van der Waals surface area (Å²) < 4.78 is 0. The Morgan fingerprint density at radius 3 is 2.74 bits per heavy atom. The molecule has 2 saturated heterocycles. The number of hydrogen-bond acceptors (Lipinski definition) is 3. The van der Waals surface area contributed by atoms with Gasteiger partial charge in [0.05, 0.1) is 0 Å². The number of Topliss-reactive ketones (excluding diaryl/α,β-unsaturated/α-hetero) is 1. The maximum Gasteiger partial charge on any atom is 0.223 e. The van der Waals surface area contributed by atoms with Crippen molar-refractivity contribution in [3.05, 3.63) is 34.9 Å². The molecule has 2 bridgehead atoms. The highest BCUT2D eigenvalue weighted by Crippen LogP contribution is 2.29. The zero-order valence-electron chi connectivity index (χ0n) is 14.1. The van der Waals surface area contributed by atoms with Crippen LogP contribution in [0.3, 0.4) is 0 Å². The van der Waals surface area contributed by atoms with Crippen LogP contribution in [0.15, 0.2) is 18.2 Å². The molecule has 0 saturated carbocycles. The van der Waals surface area contributed by atoms with E-state index in [0.717, 1.165) is 49.0 Å². The molecule has 1 amide bonds. The summed E-state index contributed by atoms with van der Waals surface area (Å²) >= 11 is 0. The van der Waals surface area contributed by atoms with Crippen molar-refractivity contribution in [1.82, 2.24) is 10.2 Å². The third-order valence-electron chi connectivity index (χ3n) is 5.20. The standard InChI is InChI=1S/C19H26N2O2/c1-13-3-4-14(2)17(11-13)18(22)7-8-19(23)21-15-5-6-16(21)12-20-10-9-15/h3-4,11,15-16,20H,5-10,12H2,1-2H3. The summed E-state index contributed by atoms with van der Waals surface area (Å²) in [5.41, 5.74) is 2.84. The Bertz CT molecular complexity index is 597. The molecule has 0 spiro atoms. The summed E-state index contributed by atoms with van der Waals surface area (Å²) in [7, 11) is 0. The minimum atomic E-state index is 0.0832. The van der Waals surface area contributed by atoms with Gasteiger partial charge in [0.15, 0.2) is 5.78 Å². The predicted octanol–water partition coefficient (Wildman–Crippen LogP) is 2.62. The summed E-state index contributed by atoms with van der Waals surface area (Å²) in [6.07, 6.45) is 3.89. The van der Waals surface area contributed by atoms with Gasteiger partial charge in [-0.1, -0.05) is 17.7 Å². The lowest BCUT2D eigenvalue weighted by molar-refractivity contribution is -0.133. The first-order valence-corrected chi connectivity index (χ1v) is 8.68. The van der Waals surface area contributed by atoms with E-state index in [1.807, 2.05) is 32.0 Å². The summed E-state index contributed by atoms with van der Waals surface area (Å²) in [6.45, 7) is 5.83. The summed E-state index contributed by atoms with van der Waals surface area (Å²) in [5.74, 6) is 0.236. The van der Waals surface area contributed by atoms with E-state index < -0.39 is 0 Å². The molecule has 0 aromatic heterocycles. The van der Waals surface area contributed by atoms with Crippen molar-refractivity contribution in [2.75, 3.05) is 13.1 Å². The van der Waals surface area contributed by atoms with Crippen LogP contribution in [0.25, 0.3) is 0 Å². The Kier molecular flexibility index (Phi) is 4.81. The summed E-state index contributed by atoms with van der Waals surface area (Å²) in [4.78, 5) is 27.2. The van der Waals surface area contributed by atoms with Crippen LogP contribution in [0.4, 0.5) is 0 Å². The van der Waals surface area contributed by atoms with Gasteiger partial charge in [-0.05, 0) is 51.3 Å². The average Bonchev–Trinajstić information content (AvgIpc) is 2.80. The molecule has 2 heterocycles. The maximum atomic E-state index is 12.6. The first-order chi connectivity index (χ1) is 11.1. The quantitative estimate of drug-likeness (QED) is 0.869. The van der Waals surface area contributed by atoms with Gasteiger partial charge in [0.2, 0.25) is 5.91 Å². The van der Waals surface area contributed by atoms with Crippen molar-refractivity contribution in [3.8, 4) is 0 Å². The average molecular weight is 314 g/mol. The largest absolute Gasteiger partial charge is 0.335 e. The van der Waals surface area contributed by atoms with E-state index in [2.05, 4.69) is 10.2 Å². The van der Waals surface area contributed by atoms with Crippen LogP contribution in [-0.4, -0.2) is 41.8 Å². The van der Waals surface area contributed by atoms with E-state index in [1.54, 1.807) is 0 Å². The Morgan fingerprint density at radius 2 is 1.91 bits per heavy atom. The van der Waals surface area contributed by atoms with Crippen LogP contribution in [0.5, 0.6) is 0 Å². The molecule has 2 aliphatic heterocycles. The molecule has 2 unspecified atom stereocenters. The van der Waals surface area contributed by atoms with Gasteiger partial charge in [0.1, 0.15) is 0 Å². The number of hydrogen-bond donors (Lipinski definition) is 1. The Balaban J connectivity index is 1.62. The lowest BCUT2D eigenvalue weighted by Gasteiger charge is -2.28. The van der Waals surface area contributed by atoms with E-state index in [-0.39, 0.29) is 11.7 Å². The number of ketones is 1. The number of nitrogens with zero attached hydrogens (tertiary/aromatic N) is 1. The Morgan fingerprint density at radius 1 is 1.13 bits per heavy atom. The van der Waals surface area contributed by atoms with Gasteiger partial charge in [0, 0.05) is 37.0 Å². The van der Waals surface area contributed by atoms with Crippen LogP contribution in [0.2, 0.25) is 0 Å². The number of rotatable bonds is 4. The molecule has 1 aromatic rings. The topological polar surface area (TPSA) is 49.4 Å². The van der Waals surface area contributed by atoms with Gasteiger partial charge in [-0.25, -0.2) is 0 Å². The second-order valence-electron chi connectivity index (χ2n) is 6.92. The van der Waals surface area contributed by atoms with E-state index in [4.69, 9.17) is 0 Å². The maximum absolute atomic E-state index is 12.6. The molecule has 1 aromatic carbocycles. The lowest BCUT2D eigenvalue weighted by atomic mass is 9.99. The van der Waals surface area contributed by atoms with Gasteiger partial charge in [-0.3, -0.25) is 9.59 Å². The molecular weight excluding hydrogens is 288 g/mol. The third-order valence-corrected chi connectivity index (χ3v) is 5.20. The zero-order valence-corrected chi connectivity index (χ0v) is 14.1. The fourth-order valence-electron chi connectivity index (χ4n) is 3.91. The molecule has 2 fully saturated rings. The minimum absolute atomic E-state index is 0.0832. The minimum Gasteiger partial charge on any atom is -0.335 e. The number of aryl methyl sites for hydroxylation is 2. The molecule has 1 N–H and O–H groups in total. The fraction of sp³-hybridized carbons (Fsp3) is 0.579. The smallest absolute Gasteiger partial charge is 0.223 e. The highest BCUT2D eigenvalue weighted by Gasteiger charge is 2.37. The molecule has 2 aliphatic rings. The van der Waals surface area contributed by atoms with E-state index >= 15 is 0 Å².